The highest BCUT2D eigenvalue weighted by molar-refractivity contribution is 7.08. The van der Waals surface area contributed by atoms with E-state index in [1.807, 2.05) is 5.38 Å². The first-order chi connectivity index (χ1) is 6.54. The molecular formula is C9H4F3OS. The Hall–Kier alpha value is -1.23. The van der Waals surface area contributed by atoms with Gasteiger partial charge in [-0.2, -0.15) is 0 Å². The highest BCUT2D eigenvalue weighted by atomic mass is 32.1. The van der Waals surface area contributed by atoms with E-state index in [0.717, 1.165) is 5.39 Å². The van der Waals surface area contributed by atoms with Gasteiger partial charge in [-0.05, 0) is 29.0 Å². The average Bonchev–Trinajstić information content (AvgIpc) is 2.47. The SMILES string of the molecule is FC(F)(F)Oc1ccc2cs[c]c2c1. The third-order valence-electron chi connectivity index (χ3n) is 1.61. The van der Waals surface area contributed by atoms with Crippen LogP contribution in [0.2, 0.25) is 0 Å². The highest BCUT2D eigenvalue weighted by Crippen LogP contribution is 2.27. The molecule has 0 saturated heterocycles. The summed E-state index contributed by atoms with van der Waals surface area (Å²) in [6.45, 7) is 0. The quantitative estimate of drug-likeness (QED) is 0.709. The zero-order valence-electron chi connectivity index (χ0n) is 6.76. The maximum Gasteiger partial charge on any atom is 0.573 e. The molecule has 0 N–H and O–H groups in total. The number of benzene rings is 1. The highest BCUT2D eigenvalue weighted by Gasteiger charge is 2.31. The number of rotatable bonds is 1. The second-order valence-electron chi connectivity index (χ2n) is 2.63. The third kappa shape index (κ3) is 1.98. The maximum atomic E-state index is 11.8. The zero-order valence-corrected chi connectivity index (χ0v) is 7.58. The van der Waals surface area contributed by atoms with Gasteiger partial charge in [0.05, 0.1) is 5.38 Å². The Labute approximate surface area is 81.7 Å². The Kier molecular flexibility index (Phi) is 2.11. The summed E-state index contributed by atoms with van der Waals surface area (Å²) in [5.74, 6) is -0.209. The fourth-order valence-corrected chi connectivity index (χ4v) is 1.78. The second-order valence-corrected chi connectivity index (χ2v) is 3.31. The van der Waals surface area contributed by atoms with E-state index >= 15 is 0 Å². The summed E-state index contributed by atoms with van der Waals surface area (Å²) in [4.78, 5) is 0. The van der Waals surface area contributed by atoms with Crippen molar-refractivity contribution in [3.63, 3.8) is 0 Å². The van der Waals surface area contributed by atoms with Crippen LogP contribution < -0.4 is 4.74 Å². The average molecular weight is 217 g/mol. The van der Waals surface area contributed by atoms with E-state index in [1.54, 1.807) is 6.07 Å². The minimum Gasteiger partial charge on any atom is -0.406 e. The molecule has 0 bridgehead atoms. The lowest BCUT2D eigenvalue weighted by atomic mass is 10.2. The third-order valence-corrected chi connectivity index (χ3v) is 2.32. The van der Waals surface area contributed by atoms with Gasteiger partial charge in [0.15, 0.2) is 0 Å². The first-order valence-electron chi connectivity index (χ1n) is 3.69. The molecule has 5 heteroatoms. The predicted molar refractivity (Wildman–Crippen MR) is 47.3 cm³/mol. The maximum absolute atomic E-state index is 11.8. The number of hydrogen-bond donors (Lipinski definition) is 0. The molecule has 2 rings (SSSR count). The predicted octanol–water partition coefficient (Wildman–Crippen LogP) is 3.60. The van der Waals surface area contributed by atoms with E-state index in [2.05, 4.69) is 10.1 Å². The van der Waals surface area contributed by atoms with E-state index in [-0.39, 0.29) is 5.75 Å². The Morgan fingerprint density at radius 3 is 2.79 bits per heavy atom. The fourth-order valence-electron chi connectivity index (χ4n) is 1.08. The van der Waals surface area contributed by atoms with Crippen LogP contribution in [0, 0.1) is 5.38 Å². The van der Waals surface area contributed by atoms with E-state index < -0.39 is 6.36 Å². The molecule has 0 aliphatic carbocycles. The first kappa shape index (κ1) is 9.33. The van der Waals surface area contributed by atoms with Crippen LogP contribution in [-0.2, 0) is 0 Å². The topological polar surface area (TPSA) is 9.23 Å². The molecule has 1 aromatic carbocycles. The number of halogens is 3. The van der Waals surface area contributed by atoms with Crippen LogP contribution in [0.4, 0.5) is 13.2 Å². The van der Waals surface area contributed by atoms with Crippen LogP contribution in [0.5, 0.6) is 5.75 Å². The molecule has 0 unspecified atom stereocenters. The summed E-state index contributed by atoms with van der Waals surface area (Å²) in [5, 5.41) is 6.15. The molecule has 1 aromatic heterocycles. The standard InChI is InChI=1S/C9H4F3OS/c10-9(11,12)13-8-2-1-6-4-14-5-7(6)3-8/h1-4H. The molecule has 2 aromatic rings. The molecule has 1 nitrogen and oxygen atoms in total. The zero-order chi connectivity index (χ0) is 10.2. The van der Waals surface area contributed by atoms with E-state index in [1.165, 1.54) is 23.5 Å². The molecule has 0 saturated carbocycles. The van der Waals surface area contributed by atoms with Crippen molar-refractivity contribution < 1.29 is 17.9 Å². The van der Waals surface area contributed by atoms with Gasteiger partial charge < -0.3 is 4.74 Å². The molecule has 0 atom stereocenters. The van der Waals surface area contributed by atoms with Gasteiger partial charge in [-0.3, -0.25) is 0 Å². The van der Waals surface area contributed by atoms with Gasteiger partial charge in [0.25, 0.3) is 0 Å². The molecule has 73 valence electrons. The van der Waals surface area contributed by atoms with Crippen molar-refractivity contribution in [2.75, 3.05) is 0 Å². The van der Waals surface area contributed by atoms with E-state index in [9.17, 15) is 13.2 Å². The van der Waals surface area contributed by atoms with Gasteiger partial charge in [0.1, 0.15) is 5.75 Å². The Balaban J connectivity index is 2.35. The molecule has 0 fully saturated rings. The van der Waals surface area contributed by atoms with Crippen LogP contribution in [0.1, 0.15) is 0 Å². The number of fused-ring (bicyclic) bond motifs is 1. The van der Waals surface area contributed by atoms with E-state index in [4.69, 9.17) is 0 Å². The Morgan fingerprint density at radius 2 is 2.07 bits per heavy atom. The summed E-state index contributed by atoms with van der Waals surface area (Å²) < 4.78 is 39.3. The minimum atomic E-state index is -4.64. The van der Waals surface area contributed by atoms with Crippen molar-refractivity contribution >= 4 is 22.1 Å². The normalized spacial score (nSPS) is 11.9. The van der Waals surface area contributed by atoms with Gasteiger partial charge in [-0.15, -0.1) is 24.5 Å². The van der Waals surface area contributed by atoms with Crippen LogP contribution in [0.15, 0.2) is 23.6 Å². The summed E-state index contributed by atoms with van der Waals surface area (Å²) in [7, 11) is 0. The number of ether oxygens (including phenoxy) is 1. The summed E-state index contributed by atoms with van der Waals surface area (Å²) in [5.41, 5.74) is 0. The van der Waals surface area contributed by atoms with Gasteiger partial charge in [-0.25, -0.2) is 0 Å². The Morgan fingerprint density at radius 1 is 1.29 bits per heavy atom. The van der Waals surface area contributed by atoms with Crippen molar-refractivity contribution in [3.8, 4) is 5.75 Å². The smallest absolute Gasteiger partial charge is 0.406 e. The van der Waals surface area contributed by atoms with Crippen molar-refractivity contribution in [2.24, 2.45) is 0 Å². The van der Waals surface area contributed by atoms with Crippen molar-refractivity contribution in [2.45, 2.75) is 6.36 Å². The Bertz CT molecular complexity index is 446. The van der Waals surface area contributed by atoms with Crippen LogP contribution in [0.25, 0.3) is 10.8 Å². The lowest BCUT2D eigenvalue weighted by Crippen LogP contribution is -2.16. The largest absolute Gasteiger partial charge is 0.573 e. The van der Waals surface area contributed by atoms with Crippen molar-refractivity contribution in [1.29, 1.82) is 0 Å². The number of thiophene rings is 1. The molecular weight excluding hydrogens is 213 g/mol. The van der Waals surface area contributed by atoms with E-state index in [0.29, 0.717) is 5.39 Å². The summed E-state index contributed by atoms with van der Waals surface area (Å²) in [6, 6.07) is 4.18. The molecule has 14 heavy (non-hydrogen) atoms. The number of hydrogen-bond acceptors (Lipinski definition) is 2. The molecule has 1 heterocycles. The molecule has 0 aliphatic rings. The summed E-state index contributed by atoms with van der Waals surface area (Å²) in [6.07, 6.45) is -4.64. The lowest BCUT2D eigenvalue weighted by molar-refractivity contribution is -0.274. The lowest BCUT2D eigenvalue weighted by Gasteiger charge is -2.08. The van der Waals surface area contributed by atoms with Gasteiger partial charge in [0, 0.05) is 5.39 Å². The van der Waals surface area contributed by atoms with Crippen LogP contribution in [-0.4, -0.2) is 6.36 Å². The van der Waals surface area contributed by atoms with Gasteiger partial charge >= 0.3 is 6.36 Å². The molecule has 0 aliphatic heterocycles. The monoisotopic (exact) mass is 217 g/mol. The van der Waals surface area contributed by atoms with Crippen LogP contribution in [0.3, 0.4) is 0 Å². The fraction of sp³-hybridized carbons (Fsp3) is 0.111. The molecule has 0 amide bonds. The summed E-state index contributed by atoms with van der Waals surface area (Å²) >= 11 is 1.32. The first-order valence-corrected chi connectivity index (χ1v) is 4.57. The van der Waals surface area contributed by atoms with Gasteiger partial charge in [0.2, 0.25) is 0 Å². The van der Waals surface area contributed by atoms with Crippen molar-refractivity contribution in [1.82, 2.24) is 0 Å². The molecule has 0 spiro atoms. The number of alkyl halides is 3. The van der Waals surface area contributed by atoms with Crippen LogP contribution >= 0.6 is 11.3 Å². The second kappa shape index (κ2) is 3.16. The molecule has 1 radical (unpaired) electrons. The minimum absolute atomic E-state index is 0.209. The van der Waals surface area contributed by atoms with Gasteiger partial charge in [-0.1, -0.05) is 0 Å². The van der Waals surface area contributed by atoms with Crippen molar-refractivity contribution in [3.05, 3.63) is 29.0 Å².